The van der Waals surface area contributed by atoms with E-state index >= 15 is 4.39 Å². The van der Waals surface area contributed by atoms with Crippen molar-refractivity contribution in [3.63, 3.8) is 0 Å². The third kappa shape index (κ3) is 5.62. The van der Waals surface area contributed by atoms with Crippen LogP contribution in [0.3, 0.4) is 0 Å². The predicted molar refractivity (Wildman–Crippen MR) is 159 cm³/mol. The van der Waals surface area contributed by atoms with E-state index < -0.39 is 17.1 Å². The Morgan fingerprint density at radius 2 is 1.84 bits per heavy atom. The highest BCUT2D eigenvalue weighted by atomic mass is 19.1. The van der Waals surface area contributed by atoms with Gasteiger partial charge in [-0.2, -0.15) is 10.5 Å². The van der Waals surface area contributed by atoms with Crippen LogP contribution >= 0.6 is 0 Å². The molecule has 8 nitrogen and oxygen atoms in total. The number of nitrogens with zero attached hydrogens (tertiary/aromatic N) is 6. The van der Waals surface area contributed by atoms with Crippen LogP contribution in [0.4, 0.5) is 20.2 Å². The summed E-state index contributed by atoms with van der Waals surface area (Å²) in [4.78, 5) is 4.23. The van der Waals surface area contributed by atoms with Crippen LogP contribution in [0.1, 0.15) is 60.2 Å². The number of benzene rings is 3. The van der Waals surface area contributed by atoms with E-state index in [0.717, 1.165) is 18.4 Å². The molecule has 3 aromatic carbocycles. The van der Waals surface area contributed by atoms with Crippen LogP contribution in [0.15, 0.2) is 79.1 Å². The third-order valence-corrected chi connectivity index (χ3v) is 7.59. The van der Waals surface area contributed by atoms with Gasteiger partial charge in [0.05, 0.1) is 41.0 Å². The standard InChI is InChI=1S/C32H25BF2N8/c33-32(22-8-10-23(34)11-9-22,29-19-43(42-41-29)25-12-13-25)40-24-15-26-30(21(17-37)18-38-31(26)27(35)16-24)39-28(7-4-14-36)20-5-2-1-3-6-20/h1-3,5-6,8-11,15-16,18-19,25,28,40H,4,7,12-13H2,(H,38,39). The fourth-order valence-corrected chi connectivity index (χ4v) is 5.16. The lowest BCUT2D eigenvalue weighted by molar-refractivity contribution is 0.610. The topological polar surface area (TPSA) is 115 Å². The first-order valence-electron chi connectivity index (χ1n) is 13.9. The monoisotopic (exact) mass is 570 g/mol. The molecule has 210 valence electrons. The minimum Gasteiger partial charge on any atom is -0.378 e. The number of aromatic nitrogens is 4. The maximum atomic E-state index is 15.7. The van der Waals surface area contributed by atoms with E-state index in [1.165, 1.54) is 36.5 Å². The van der Waals surface area contributed by atoms with Gasteiger partial charge in [0, 0.05) is 23.7 Å². The molecule has 2 unspecified atom stereocenters. The Morgan fingerprint density at radius 3 is 2.53 bits per heavy atom. The molecule has 1 aliphatic carbocycles. The highest BCUT2D eigenvalue weighted by molar-refractivity contribution is 6.19. The molecular formula is C32H25BF2N8. The number of anilines is 2. The van der Waals surface area contributed by atoms with Crippen LogP contribution in [0.5, 0.6) is 0 Å². The molecule has 6 rings (SSSR count). The maximum absolute atomic E-state index is 15.7. The van der Waals surface area contributed by atoms with Gasteiger partial charge in [-0.05, 0) is 54.7 Å². The van der Waals surface area contributed by atoms with Crippen LogP contribution in [0, 0.1) is 34.3 Å². The molecule has 1 fully saturated rings. The summed E-state index contributed by atoms with van der Waals surface area (Å²) in [7, 11) is 6.97. The van der Waals surface area contributed by atoms with Gasteiger partial charge in [0.2, 0.25) is 0 Å². The van der Waals surface area contributed by atoms with Crippen molar-refractivity contribution in [1.82, 2.24) is 20.0 Å². The van der Waals surface area contributed by atoms with Crippen molar-refractivity contribution in [2.45, 2.75) is 43.2 Å². The molecule has 2 heterocycles. The number of nitrogens with one attached hydrogen (secondary N) is 2. The highest BCUT2D eigenvalue weighted by Gasteiger charge is 2.34. The van der Waals surface area contributed by atoms with Crippen LogP contribution < -0.4 is 10.6 Å². The Balaban J connectivity index is 1.45. The molecule has 0 aliphatic heterocycles. The quantitative estimate of drug-likeness (QED) is 0.191. The van der Waals surface area contributed by atoms with Gasteiger partial charge in [0.15, 0.2) is 5.82 Å². The van der Waals surface area contributed by atoms with Crippen molar-refractivity contribution < 1.29 is 8.78 Å². The summed E-state index contributed by atoms with van der Waals surface area (Å²) in [6.45, 7) is 0. The Morgan fingerprint density at radius 1 is 1.07 bits per heavy atom. The zero-order valence-corrected chi connectivity index (χ0v) is 23.0. The Bertz CT molecular complexity index is 1860. The average Bonchev–Trinajstić information content (AvgIpc) is 3.75. The van der Waals surface area contributed by atoms with E-state index in [-0.39, 0.29) is 35.3 Å². The second-order valence-corrected chi connectivity index (χ2v) is 10.6. The lowest BCUT2D eigenvalue weighted by Gasteiger charge is -2.32. The summed E-state index contributed by atoms with van der Waals surface area (Å²) in [5.74, 6) is -1.07. The molecule has 0 spiro atoms. The predicted octanol–water partition coefficient (Wildman–Crippen LogP) is 6.25. The minimum absolute atomic E-state index is 0.0585. The van der Waals surface area contributed by atoms with Crippen LogP contribution in [-0.2, 0) is 5.44 Å². The molecule has 2 N–H and O–H groups in total. The molecule has 11 heteroatoms. The van der Waals surface area contributed by atoms with Crippen LogP contribution in [-0.4, -0.2) is 27.8 Å². The van der Waals surface area contributed by atoms with Gasteiger partial charge < -0.3 is 10.6 Å². The summed E-state index contributed by atoms with van der Waals surface area (Å²) >= 11 is 0. The smallest absolute Gasteiger partial charge is 0.151 e. The molecule has 2 aromatic heterocycles. The van der Waals surface area contributed by atoms with E-state index in [9.17, 15) is 14.9 Å². The van der Waals surface area contributed by atoms with Crippen molar-refractivity contribution in [2.75, 3.05) is 10.6 Å². The van der Waals surface area contributed by atoms with E-state index in [2.05, 4.69) is 38.1 Å². The second kappa shape index (κ2) is 11.5. The zero-order valence-electron chi connectivity index (χ0n) is 23.0. The second-order valence-electron chi connectivity index (χ2n) is 10.6. The van der Waals surface area contributed by atoms with Gasteiger partial charge in [-0.3, -0.25) is 4.98 Å². The Kier molecular flexibility index (Phi) is 7.48. The first kappa shape index (κ1) is 27.9. The number of nitriles is 2. The van der Waals surface area contributed by atoms with E-state index in [0.29, 0.717) is 28.8 Å². The van der Waals surface area contributed by atoms with Gasteiger partial charge in [0.1, 0.15) is 30.9 Å². The molecule has 0 saturated heterocycles. The number of hydrogen-bond acceptors (Lipinski definition) is 7. The van der Waals surface area contributed by atoms with Crippen molar-refractivity contribution in [2.24, 2.45) is 0 Å². The van der Waals surface area contributed by atoms with E-state index in [1.54, 1.807) is 16.9 Å². The molecule has 0 bridgehead atoms. The SMILES string of the molecule is [B]C(Nc1cc(F)c2ncc(C#N)c(NC(CCC#N)c3ccccc3)c2c1)(c1ccc(F)cc1)c1cn(C2CC2)nn1. The fraction of sp³-hybridized carbons (Fsp3) is 0.219. The average molecular weight is 570 g/mol. The molecule has 2 atom stereocenters. The summed E-state index contributed by atoms with van der Waals surface area (Å²) < 4.78 is 31.3. The first-order chi connectivity index (χ1) is 20.9. The van der Waals surface area contributed by atoms with Gasteiger partial charge in [-0.15, -0.1) is 5.10 Å². The van der Waals surface area contributed by atoms with Crippen molar-refractivity contribution in [3.05, 3.63) is 113 Å². The molecular weight excluding hydrogens is 545 g/mol. The van der Waals surface area contributed by atoms with Crippen molar-refractivity contribution in [1.29, 1.82) is 10.5 Å². The number of hydrogen-bond donors (Lipinski definition) is 2. The number of fused-ring (bicyclic) bond motifs is 1. The van der Waals surface area contributed by atoms with Crippen LogP contribution in [0.25, 0.3) is 10.9 Å². The lowest BCUT2D eigenvalue weighted by Crippen LogP contribution is -2.38. The fourth-order valence-electron chi connectivity index (χ4n) is 5.16. The number of pyridine rings is 1. The van der Waals surface area contributed by atoms with E-state index in [4.69, 9.17) is 7.85 Å². The van der Waals surface area contributed by atoms with Crippen LogP contribution in [0.2, 0.25) is 0 Å². The van der Waals surface area contributed by atoms with E-state index in [1.807, 2.05) is 30.3 Å². The lowest BCUT2D eigenvalue weighted by atomic mass is 9.69. The minimum atomic E-state index is -1.51. The van der Waals surface area contributed by atoms with Gasteiger partial charge in [0.25, 0.3) is 0 Å². The summed E-state index contributed by atoms with van der Waals surface area (Å²) in [6.07, 6.45) is 5.78. The largest absolute Gasteiger partial charge is 0.378 e. The normalized spacial score (nSPS) is 14.8. The molecule has 5 aromatic rings. The maximum Gasteiger partial charge on any atom is 0.151 e. The Hall–Kier alpha value is -5.29. The number of halogens is 2. The van der Waals surface area contributed by atoms with Crippen molar-refractivity contribution >= 4 is 30.1 Å². The molecule has 1 aliphatic rings. The molecule has 0 amide bonds. The third-order valence-electron chi connectivity index (χ3n) is 7.59. The van der Waals surface area contributed by atoms with Gasteiger partial charge in [-0.25, -0.2) is 13.5 Å². The molecule has 43 heavy (non-hydrogen) atoms. The van der Waals surface area contributed by atoms with Crippen molar-refractivity contribution in [3.8, 4) is 12.1 Å². The highest BCUT2D eigenvalue weighted by Crippen LogP contribution is 2.38. The molecule has 2 radical (unpaired) electrons. The summed E-state index contributed by atoms with van der Waals surface area (Å²) in [6, 6.07) is 22.4. The molecule has 1 saturated carbocycles. The summed E-state index contributed by atoms with van der Waals surface area (Å²) in [5, 5.41) is 34.8. The first-order valence-corrected chi connectivity index (χ1v) is 13.9. The number of rotatable bonds is 10. The zero-order chi connectivity index (χ0) is 30.0. The summed E-state index contributed by atoms with van der Waals surface area (Å²) in [5.41, 5.74) is 1.20. The van der Waals surface area contributed by atoms with Gasteiger partial charge >= 0.3 is 0 Å². The van der Waals surface area contributed by atoms with Gasteiger partial charge in [-0.1, -0.05) is 47.7 Å². The Labute approximate surface area is 248 Å².